The molecule has 0 aromatic heterocycles. The number of likely N-dealkylation sites (N-methyl/N-ethyl adjacent to an activating group) is 1. The number of nitrogens with one attached hydrogen (secondary N) is 3. The van der Waals surface area contributed by atoms with E-state index < -0.39 is 5.91 Å². The highest BCUT2D eigenvalue weighted by atomic mass is 16.2. The molecule has 0 bridgehead atoms. The molecular formula is C11H17N3O3. The van der Waals surface area contributed by atoms with E-state index >= 15 is 0 Å². The van der Waals surface area contributed by atoms with E-state index in [2.05, 4.69) is 22.5 Å². The average Bonchev–Trinajstić information content (AvgIpc) is 2.30. The molecule has 3 N–H and O–H groups in total. The van der Waals surface area contributed by atoms with E-state index in [0.717, 1.165) is 12.2 Å². The van der Waals surface area contributed by atoms with Crippen molar-refractivity contribution in [3.8, 4) is 0 Å². The van der Waals surface area contributed by atoms with Gasteiger partial charge in [0.05, 0.1) is 0 Å². The van der Waals surface area contributed by atoms with Crippen molar-refractivity contribution in [2.75, 3.05) is 20.1 Å². The molecule has 0 aliphatic heterocycles. The Morgan fingerprint density at radius 2 is 1.59 bits per heavy atom. The van der Waals surface area contributed by atoms with E-state index in [1.165, 1.54) is 7.05 Å². The first kappa shape index (κ1) is 14.9. The topological polar surface area (TPSA) is 87.3 Å². The second-order valence-corrected chi connectivity index (χ2v) is 3.27. The smallest absolute Gasteiger partial charge is 0.246 e. The second-order valence-electron chi connectivity index (χ2n) is 3.27. The van der Waals surface area contributed by atoms with Crippen LogP contribution in [0.15, 0.2) is 24.3 Å². The zero-order chi connectivity index (χ0) is 13.3. The van der Waals surface area contributed by atoms with Crippen molar-refractivity contribution >= 4 is 17.7 Å². The molecule has 0 aliphatic rings. The van der Waals surface area contributed by atoms with E-state index in [0.29, 0.717) is 12.1 Å². The first-order valence-electron chi connectivity index (χ1n) is 5.08. The SMILES string of the molecule is C=C(C)C(=O)NCCNC(=O)/C=C/C(=O)NC. The quantitative estimate of drug-likeness (QED) is 0.414. The first-order valence-corrected chi connectivity index (χ1v) is 5.08. The van der Waals surface area contributed by atoms with Crippen LogP contribution in [0, 0.1) is 0 Å². The summed E-state index contributed by atoms with van der Waals surface area (Å²) in [5.41, 5.74) is 0.413. The minimum absolute atomic E-state index is 0.250. The van der Waals surface area contributed by atoms with Gasteiger partial charge < -0.3 is 16.0 Å². The normalized spacial score (nSPS) is 9.76. The third-order valence-electron chi connectivity index (χ3n) is 1.73. The van der Waals surface area contributed by atoms with Crippen molar-refractivity contribution in [1.82, 2.24) is 16.0 Å². The van der Waals surface area contributed by atoms with Crippen LogP contribution in [-0.4, -0.2) is 37.9 Å². The van der Waals surface area contributed by atoms with E-state index in [1.807, 2.05) is 0 Å². The summed E-state index contributed by atoms with van der Waals surface area (Å²) >= 11 is 0. The third-order valence-corrected chi connectivity index (χ3v) is 1.73. The fourth-order valence-corrected chi connectivity index (χ4v) is 0.806. The molecule has 6 nitrogen and oxygen atoms in total. The third kappa shape index (κ3) is 7.78. The largest absolute Gasteiger partial charge is 0.356 e. The number of amides is 3. The summed E-state index contributed by atoms with van der Waals surface area (Å²) in [4.78, 5) is 33.0. The highest BCUT2D eigenvalue weighted by Crippen LogP contribution is 1.83. The Morgan fingerprint density at radius 3 is 2.12 bits per heavy atom. The molecule has 0 aromatic rings. The first-order chi connectivity index (χ1) is 7.97. The van der Waals surface area contributed by atoms with Gasteiger partial charge in [-0.15, -0.1) is 0 Å². The Bertz CT molecular complexity index is 348. The summed E-state index contributed by atoms with van der Waals surface area (Å²) in [5, 5.41) is 7.41. The number of rotatable bonds is 6. The molecule has 0 heterocycles. The van der Waals surface area contributed by atoms with Crippen LogP contribution >= 0.6 is 0 Å². The number of carbonyl (C=O) groups is 3. The maximum atomic E-state index is 11.1. The minimum Gasteiger partial charge on any atom is -0.356 e. The molecule has 3 amide bonds. The van der Waals surface area contributed by atoms with Gasteiger partial charge in [0.2, 0.25) is 17.7 Å². The maximum Gasteiger partial charge on any atom is 0.246 e. The molecule has 0 fully saturated rings. The zero-order valence-corrected chi connectivity index (χ0v) is 10.0. The lowest BCUT2D eigenvalue weighted by Gasteiger charge is -2.04. The second kappa shape index (κ2) is 8.09. The van der Waals surface area contributed by atoms with Crippen molar-refractivity contribution in [3.05, 3.63) is 24.3 Å². The van der Waals surface area contributed by atoms with Gasteiger partial charge in [0, 0.05) is 37.9 Å². The number of hydrogen-bond acceptors (Lipinski definition) is 3. The molecule has 0 aromatic carbocycles. The van der Waals surface area contributed by atoms with Gasteiger partial charge >= 0.3 is 0 Å². The molecule has 6 heteroatoms. The maximum absolute atomic E-state index is 11.1. The van der Waals surface area contributed by atoms with Gasteiger partial charge in [-0.2, -0.15) is 0 Å². The van der Waals surface area contributed by atoms with Crippen LogP contribution in [0.1, 0.15) is 6.92 Å². The van der Waals surface area contributed by atoms with Gasteiger partial charge in [0.15, 0.2) is 0 Å². The predicted molar refractivity (Wildman–Crippen MR) is 64.0 cm³/mol. The van der Waals surface area contributed by atoms with E-state index in [1.54, 1.807) is 6.92 Å². The molecule has 0 atom stereocenters. The van der Waals surface area contributed by atoms with Gasteiger partial charge in [0.25, 0.3) is 0 Å². The summed E-state index contributed by atoms with van der Waals surface area (Å²) in [6.07, 6.45) is 2.25. The lowest BCUT2D eigenvalue weighted by atomic mass is 10.3. The molecular weight excluding hydrogens is 222 g/mol. The monoisotopic (exact) mass is 239 g/mol. The molecule has 0 unspecified atom stereocenters. The molecule has 0 saturated heterocycles. The number of hydrogen-bond donors (Lipinski definition) is 3. The van der Waals surface area contributed by atoms with Gasteiger partial charge in [-0.05, 0) is 6.92 Å². The minimum atomic E-state index is -0.391. The van der Waals surface area contributed by atoms with Crippen LogP contribution in [0.3, 0.4) is 0 Å². The fourth-order valence-electron chi connectivity index (χ4n) is 0.806. The molecule has 0 aliphatic carbocycles. The van der Waals surface area contributed by atoms with Crippen molar-refractivity contribution in [2.24, 2.45) is 0 Å². The van der Waals surface area contributed by atoms with Crippen molar-refractivity contribution in [3.63, 3.8) is 0 Å². The molecule has 94 valence electrons. The van der Waals surface area contributed by atoms with Crippen LogP contribution < -0.4 is 16.0 Å². The summed E-state index contributed by atoms with van der Waals surface area (Å²) < 4.78 is 0. The van der Waals surface area contributed by atoms with Gasteiger partial charge in [-0.1, -0.05) is 6.58 Å². The Hall–Kier alpha value is -2.11. The summed E-state index contributed by atoms with van der Waals surface area (Å²) in [6, 6.07) is 0. The van der Waals surface area contributed by atoms with Crippen LogP contribution in [0.5, 0.6) is 0 Å². The zero-order valence-electron chi connectivity index (χ0n) is 10.0. The van der Waals surface area contributed by atoms with Crippen LogP contribution in [0.25, 0.3) is 0 Å². The van der Waals surface area contributed by atoms with E-state index in [9.17, 15) is 14.4 Å². The van der Waals surface area contributed by atoms with E-state index in [4.69, 9.17) is 0 Å². The highest BCUT2D eigenvalue weighted by molar-refractivity contribution is 5.96. The molecule has 0 radical (unpaired) electrons. The molecule has 0 spiro atoms. The Kier molecular flexibility index (Phi) is 7.09. The Morgan fingerprint density at radius 1 is 1.06 bits per heavy atom. The van der Waals surface area contributed by atoms with Crippen molar-refractivity contribution in [1.29, 1.82) is 0 Å². The molecule has 17 heavy (non-hydrogen) atoms. The lowest BCUT2D eigenvalue weighted by molar-refractivity contribution is -0.119. The fraction of sp³-hybridized carbons (Fsp3) is 0.364. The molecule has 0 saturated carbocycles. The van der Waals surface area contributed by atoms with Gasteiger partial charge in [-0.25, -0.2) is 0 Å². The van der Waals surface area contributed by atoms with Gasteiger partial charge in [-0.3, -0.25) is 14.4 Å². The average molecular weight is 239 g/mol. The Balaban J connectivity index is 3.72. The van der Waals surface area contributed by atoms with Crippen LogP contribution in [0.2, 0.25) is 0 Å². The standard InChI is InChI=1S/C11H17N3O3/c1-8(2)11(17)14-7-6-13-10(16)5-4-9(15)12-3/h4-5H,1,6-7H2,2-3H3,(H,12,15)(H,13,16)(H,14,17)/b5-4+. The van der Waals surface area contributed by atoms with Crippen LogP contribution in [0.4, 0.5) is 0 Å². The Labute approximate surface area is 100 Å². The van der Waals surface area contributed by atoms with Gasteiger partial charge in [0.1, 0.15) is 0 Å². The highest BCUT2D eigenvalue weighted by Gasteiger charge is 2.00. The summed E-state index contributed by atoms with van der Waals surface area (Å²) in [6.45, 7) is 5.67. The molecule has 0 rings (SSSR count). The number of carbonyl (C=O) groups excluding carboxylic acids is 3. The van der Waals surface area contributed by atoms with Crippen molar-refractivity contribution < 1.29 is 14.4 Å². The summed E-state index contributed by atoms with van der Waals surface area (Å²) in [7, 11) is 1.47. The summed E-state index contributed by atoms with van der Waals surface area (Å²) in [5.74, 6) is -0.992. The lowest BCUT2D eigenvalue weighted by Crippen LogP contribution is -2.34. The van der Waals surface area contributed by atoms with Crippen LogP contribution in [-0.2, 0) is 14.4 Å². The van der Waals surface area contributed by atoms with Crippen molar-refractivity contribution in [2.45, 2.75) is 6.92 Å². The predicted octanol–water partition coefficient (Wildman–Crippen LogP) is -0.903. The van der Waals surface area contributed by atoms with E-state index in [-0.39, 0.29) is 18.4 Å².